The minimum Gasteiger partial charge on any atom is -0.462 e. The van der Waals surface area contributed by atoms with Crippen LogP contribution in [-0.4, -0.2) is 23.0 Å². The Morgan fingerprint density at radius 1 is 1.23 bits per heavy atom. The van der Waals surface area contributed by atoms with Gasteiger partial charge < -0.3 is 9.47 Å². The number of carbonyl (C=O) groups excluding carboxylic acids is 2. The first-order valence-electron chi connectivity index (χ1n) is 8.52. The summed E-state index contributed by atoms with van der Waals surface area (Å²) in [4.78, 5) is 34.0. The van der Waals surface area contributed by atoms with Crippen molar-refractivity contribution in [3.05, 3.63) is 38.9 Å². The summed E-state index contributed by atoms with van der Waals surface area (Å²) < 4.78 is 10.4. The molecule has 0 aliphatic rings. The second-order valence-electron chi connectivity index (χ2n) is 6.25. The molecule has 8 heteroatoms. The van der Waals surface area contributed by atoms with Gasteiger partial charge in [-0.25, -0.2) is 0 Å². The third-order valence-corrected chi connectivity index (χ3v) is 4.00. The molecule has 144 valence electrons. The highest BCUT2D eigenvalue weighted by Gasteiger charge is 2.19. The van der Waals surface area contributed by atoms with Crippen molar-refractivity contribution in [2.45, 2.75) is 59.2 Å². The Balaban J connectivity index is 2.48. The van der Waals surface area contributed by atoms with E-state index in [-0.39, 0.29) is 47.7 Å². The molecule has 0 radical (unpaired) electrons. The number of benzene rings is 1. The Morgan fingerprint density at radius 3 is 2.46 bits per heavy atom. The van der Waals surface area contributed by atoms with E-state index in [2.05, 4.69) is 0 Å². The van der Waals surface area contributed by atoms with Gasteiger partial charge in [0, 0.05) is 11.1 Å². The van der Waals surface area contributed by atoms with Gasteiger partial charge in [-0.15, -0.1) is 0 Å². The van der Waals surface area contributed by atoms with Crippen LogP contribution in [0.3, 0.4) is 0 Å². The summed E-state index contributed by atoms with van der Waals surface area (Å²) >= 11 is 5.73. The Labute approximate surface area is 157 Å². The van der Waals surface area contributed by atoms with Crippen LogP contribution in [0, 0.1) is 16.0 Å². The summed E-state index contributed by atoms with van der Waals surface area (Å²) in [6, 6.07) is 4.11. The molecule has 1 aromatic carbocycles. The third-order valence-electron chi connectivity index (χ3n) is 3.77. The van der Waals surface area contributed by atoms with Crippen molar-refractivity contribution >= 4 is 29.2 Å². The highest BCUT2D eigenvalue weighted by Crippen LogP contribution is 2.24. The topological polar surface area (TPSA) is 95.7 Å². The maximum atomic E-state index is 11.9. The minimum atomic E-state index is -0.622. The summed E-state index contributed by atoms with van der Waals surface area (Å²) in [7, 11) is 0. The number of rotatable bonds is 10. The van der Waals surface area contributed by atoms with Crippen LogP contribution in [0.5, 0.6) is 0 Å². The summed E-state index contributed by atoms with van der Waals surface area (Å²) in [5.41, 5.74) is 0.0159. The van der Waals surface area contributed by atoms with Gasteiger partial charge in [0.15, 0.2) is 0 Å². The maximum Gasteiger partial charge on any atom is 0.306 e. The van der Waals surface area contributed by atoms with Crippen LogP contribution in [0.4, 0.5) is 5.69 Å². The van der Waals surface area contributed by atoms with Crippen molar-refractivity contribution in [3.63, 3.8) is 0 Å². The molecule has 0 N–H and O–H groups in total. The monoisotopic (exact) mass is 385 g/mol. The van der Waals surface area contributed by atoms with E-state index >= 15 is 0 Å². The van der Waals surface area contributed by atoms with Gasteiger partial charge in [0.25, 0.3) is 5.69 Å². The molecule has 0 aliphatic heterocycles. The second-order valence-corrected chi connectivity index (χ2v) is 6.69. The molecular weight excluding hydrogens is 362 g/mol. The quantitative estimate of drug-likeness (QED) is 0.335. The van der Waals surface area contributed by atoms with Crippen LogP contribution in [0.1, 0.15) is 52.0 Å². The lowest BCUT2D eigenvalue weighted by atomic mass is 10.0. The highest BCUT2D eigenvalue weighted by molar-refractivity contribution is 6.30. The van der Waals surface area contributed by atoms with Gasteiger partial charge in [-0.1, -0.05) is 38.8 Å². The van der Waals surface area contributed by atoms with Crippen molar-refractivity contribution in [2.24, 2.45) is 5.92 Å². The second kappa shape index (κ2) is 10.8. The van der Waals surface area contributed by atoms with Crippen LogP contribution in [0.2, 0.25) is 5.02 Å². The summed E-state index contributed by atoms with van der Waals surface area (Å²) in [6.07, 6.45) is 1.28. The fourth-order valence-corrected chi connectivity index (χ4v) is 2.47. The summed E-state index contributed by atoms with van der Waals surface area (Å²) in [5, 5.41) is 11.2. The van der Waals surface area contributed by atoms with Gasteiger partial charge in [0.2, 0.25) is 0 Å². The van der Waals surface area contributed by atoms with Gasteiger partial charge in [-0.3, -0.25) is 19.7 Å². The Morgan fingerprint density at radius 2 is 1.88 bits per heavy atom. The van der Waals surface area contributed by atoms with Gasteiger partial charge in [-0.05, 0) is 24.5 Å². The fraction of sp³-hybridized carbons (Fsp3) is 0.556. The van der Waals surface area contributed by atoms with Crippen LogP contribution in [0.25, 0.3) is 0 Å². The van der Waals surface area contributed by atoms with E-state index in [1.807, 2.05) is 20.8 Å². The normalized spacial score (nSPS) is 11.9. The van der Waals surface area contributed by atoms with Crippen molar-refractivity contribution < 1.29 is 24.0 Å². The zero-order valence-corrected chi connectivity index (χ0v) is 16.0. The molecule has 0 heterocycles. The lowest BCUT2D eigenvalue weighted by Crippen LogP contribution is -2.24. The molecule has 26 heavy (non-hydrogen) atoms. The third kappa shape index (κ3) is 7.39. The van der Waals surface area contributed by atoms with Crippen molar-refractivity contribution in [1.29, 1.82) is 0 Å². The molecule has 0 spiro atoms. The first-order chi connectivity index (χ1) is 12.2. The number of hydrogen-bond donors (Lipinski definition) is 0. The standard InChI is InChI=1S/C18H24ClNO6/c1-4-5-16(12(2)3)26-18(22)9-8-17(21)25-11-13-6-7-14(19)10-15(13)20(23)24/h6-7,10,12,16H,4-5,8-9,11H2,1-3H3. The van der Waals surface area contributed by atoms with Gasteiger partial charge in [0.1, 0.15) is 12.7 Å². The van der Waals surface area contributed by atoms with Crippen molar-refractivity contribution in [3.8, 4) is 0 Å². The number of nitro benzene ring substituents is 1. The van der Waals surface area contributed by atoms with E-state index in [9.17, 15) is 19.7 Å². The molecule has 0 bridgehead atoms. The minimum absolute atomic E-state index is 0.0888. The molecule has 0 amide bonds. The number of ether oxygens (including phenoxy) is 2. The molecule has 1 aromatic rings. The molecular formula is C18H24ClNO6. The largest absolute Gasteiger partial charge is 0.462 e. The first kappa shape index (κ1) is 21.9. The Bertz CT molecular complexity index is 647. The molecule has 0 fully saturated rings. The predicted octanol–water partition coefficient (Wildman–Crippen LogP) is 4.44. The number of hydrogen-bond acceptors (Lipinski definition) is 6. The average Bonchev–Trinajstić information content (AvgIpc) is 2.58. The van der Waals surface area contributed by atoms with E-state index in [0.29, 0.717) is 0 Å². The lowest BCUT2D eigenvalue weighted by Gasteiger charge is -2.20. The molecule has 1 unspecified atom stereocenters. The average molecular weight is 386 g/mol. The van der Waals surface area contributed by atoms with E-state index in [4.69, 9.17) is 21.1 Å². The zero-order valence-electron chi connectivity index (χ0n) is 15.2. The SMILES string of the molecule is CCCC(OC(=O)CCC(=O)OCc1ccc(Cl)cc1[N+](=O)[O-])C(C)C. The number of carbonyl (C=O) groups is 2. The molecule has 1 atom stereocenters. The molecule has 0 aliphatic carbocycles. The van der Waals surface area contributed by atoms with E-state index < -0.39 is 16.9 Å². The first-order valence-corrected chi connectivity index (χ1v) is 8.90. The molecule has 0 saturated carbocycles. The Hall–Kier alpha value is -2.15. The van der Waals surface area contributed by atoms with Crippen molar-refractivity contribution in [2.75, 3.05) is 0 Å². The molecule has 1 rings (SSSR count). The number of halogens is 1. The van der Waals surface area contributed by atoms with E-state index in [1.54, 1.807) is 0 Å². The number of nitro groups is 1. The number of esters is 2. The summed E-state index contributed by atoms with van der Waals surface area (Å²) in [6.45, 7) is 5.70. The predicted molar refractivity (Wildman–Crippen MR) is 96.8 cm³/mol. The fourth-order valence-electron chi connectivity index (χ4n) is 2.30. The molecule has 0 saturated heterocycles. The lowest BCUT2D eigenvalue weighted by molar-refractivity contribution is -0.385. The van der Waals surface area contributed by atoms with Crippen LogP contribution in [-0.2, 0) is 25.7 Å². The molecule has 0 aromatic heterocycles. The van der Waals surface area contributed by atoms with E-state index in [1.165, 1.54) is 18.2 Å². The molecule has 7 nitrogen and oxygen atoms in total. The Kier molecular flexibility index (Phi) is 9.05. The maximum absolute atomic E-state index is 11.9. The summed E-state index contributed by atoms with van der Waals surface area (Å²) in [5.74, 6) is -0.870. The van der Waals surface area contributed by atoms with Crippen LogP contribution >= 0.6 is 11.6 Å². The zero-order chi connectivity index (χ0) is 19.7. The van der Waals surface area contributed by atoms with Gasteiger partial charge >= 0.3 is 11.9 Å². The number of nitrogens with zero attached hydrogens (tertiary/aromatic N) is 1. The van der Waals surface area contributed by atoms with Crippen molar-refractivity contribution in [1.82, 2.24) is 0 Å². The van der Waals surface area contributed by atoms with Crippen LogP contribution in [0.15, 0.2) is 18.2 Å². The van der Waals surface area contributed by atoms with Crippen LogP contribution < -0.4 is 0 Å². The van der Waals surface area contributed by atoms with Gasteiger partial charge in [-0.2, -0.15) is 0 Å². The highest BCUT2D eigenvalue weighted by atomic mass is 35.5. The van der Waals surface area contributed by atoms with E-state index in [0.717, 1.165) is 12.8 Å². The van der Waals surface area contributed by atoms with Gasteiger partial charge in [0.05, 0.1) is 23.3 Å². The smallest absolute Gasteiger partial charge is 0.306 e.